The van der Waals surface area contributed by atoms with Crippen LogP contribution in [0.1, 0.15) is 40.0 Å². The second kappa shape index (κ2) is 5.67. The Labute approximate surface area is 107 Å². The molecule has 0 aliphatic carbocycles. The van der Waals surface area contributed by atoms with Crippen LogP contribution in [-0.4, -0.2) is 28.9 Å². The molecule has 18 heavy (non-hydrogen) atoms. The van der Waals surface area contributed by atoms with Crippen LogP contribution in [0.5, 0.6) is 0 Å². The molecule has 0 atom stereocenters. The first-order chi connectivity index (χ1) is 8.35. The Balaban J connectivity index is 2.83. The highest BCUT2D eigenvalue weighted by atomic mass is 16.6. The number of hydrogen-bond acceptors (Lipinski definition) is 4. The summed E-state index contributed by atoms with van der Waals surface area (Å²) < 4.78 is 5.25. The summed E-state index contributed by atoms with van der Waals surface area (Å²) in [7, 11) is 0. The molecule has 1 heterocycles. The molecule has 0 bridgehead atoms. The van der Waals surface area contributed by atoms with E-state index < -0.39 is 11.7 Å². The van der Waals surface area contributed by atoms with Crippen molar-refractivity contribution in [2.45, 2.75) is 45.6 Å². The molecule has 0 spiro atoms. The molecule has 0 radical (unpaired) electrons. The average Bonchev–Trinajstić information content (AvgIpc) is 2.27. The highest BCUT2D eigenvalue weighted by molar-refractivity contribution is 5.99. The van der Waals surface area contributed by atoms with Gasteiger partial charge in [-0.05, 0) is 33.6 Å². The molecule has 1 rings (SSSR count). The second-order valence-corrected chi connectivity index (χ2v) is 5.12. The molecule has 0 fully saturated rings. The molecular formula is C13H18N2O3. The van der Waals surface area contributed by atoms with Crippen molar-refractivity contribution in [1.29, 1.82) is 5.26 Å². The molecule has 1 aliphatic heterocycles. The maximum Gasteiger partial charge on any atom is 0.414 e. The SMILES string of the molecule is CC(C)(C)OC(=O)N1CCCC=C1C(=O)CC#N. The number of hydrogen-bond donors (Lipinski definition) is 0. The Morgan fingerprint density at radius 1 is 1.50 bits per heavy atom. The van der Waals surface area contributed by atoms with Crippen LogP contribution in [0, 0.1) is 11.3 Å². The van der Waals surface area contributed by atoms with E-state index in [9.17, 15) is 9.59 Å². The van der Waals surface area contributed by atoms with E-state index in [0.29, 0.717) is 6.54 Å². The highest BCUT2D eigenvalue weighted by Crippen LogP contribution is 2.20. The number of nitriles is 1. The van der Waals surface area contributed by atoms with Gasteiger partial charge in [0.25, 0.3) is 0 Å². The van der Waals surface area contributed by atoms with E-state index in [0.717, 1.165) is 12.8 Å². The number of rotatable bonds is 2. The van der Waals surface area contributed by atoms with Crippen LogP contribution in [0.4, 0.5) is 4.79 Å². The van der Waals surface area contributed by atoms with Gasteiger partial charge in [-0.2, -0.15) is 5.26 Å². The zero-order chi connectivity index (χ0) is 13.8. The van der Waals surface area contributed by atoms with Crippen LogP contribution in [0.2, 0.25) is 0 Å². The number of carbonyl (C=O) groups excluding carboxylic acids is 2. The Bertz CT molecular complexity index is 413. The lowest BCUT2D eigenvalue weighted by Crippen LogP contribution is -2.40. The molecule has 0 saturated heterocycles. The Hall–Kier alpha value is -1.83. The number of Topliss-reactive ketones (excluding diaryl/α,β-unsaturated/α-hetero) is 1. The van der Waals surface area contributed by atoms with Crippen molar-refractivity contribution < 1.29 is 14.3 Å². The quantitative estimate of drug-likeness (QED) is 0.754. The van der Waals surface area contributed by atoms with Crippen molar-refractivity contribution in [3.63, 3.8) is 0 Å². The Morgan fingerprint density at radius 3 is 2.72 bits per heavy atom. The number of ketones is 1. The van der Waals surface area contributed by atoms with Gasteiger partial charge >= 0.3 is 6.09 Å². The molecule has 98 valence electrons. The topological polar surface area (TPSA) is 70.4 Å². The number of amides is 1. The van der Waals surface area contributed by atoms with Crippen molar-refractivity contribution in [3.8, 4) is 6.07 Å². The zero-order valence-corrected chi connectivity index (χ0v) is 11.0. The maximum atomic E-state index is 12.0. The number of carbonyl (C=O) groups is 2. The normalized spacial score (nSPS) is 15.7. The predicted molar refractivity (Wildman–Crippen MR) is 65.5 cm³/mol. The summed E-state index contributed by atoms with van der Waals surface area (Å²) in [6, 6.07) is 1.80. The van der Waals surface area contributed by atoms with Crippen LogP contribution in [0.3, 0.4) is 0 Å². The van der Waals surface area contributed by atoms with Gasteiger partial charge in [-0.1, -0.05) is 6.08 Å². The second-order valence-electron chi connectivity index (χ2n) is 5.12. The number of ether oxygens (including phenoxy) is 1. The third-order valence-electron chi connectivity index (χ3n) is 2.35. The lowest BCUT2D eigenvalue weighted by atomic mass is 10.1. The van der Waals surface area contributed by atoms with Gasteiger partial charge in [0.05, 0.1) is 11.8 Å². The first-order valence-corrected chi connectivity index (χ1v) is 5.96. The predicted octanol–water partition coefficient (Wildman–Crippen LogP) is 2.38. The Morgan fingerprint density at radius 2 is 2.17 bits per heavy atom. The van der Waals surface area contributed by atoms with Crippen molar-refractivity contribution in [1.82, 2.24) is 4.90 Å². The molecule has 5 nitrogen and oxygen atoms in total. The lowest BCUT2D eigenvalue weighted by molar-refractivity contribution is -0.116. The minimum atomic E-state index is -0.599. The summed E-state index contributed by atoms with van der Waals surface area (Å²) in [4.78, 5) is 25.0. The fourth-order valence-electron chi connectivity index (χ4n) is 1.65. The first kappa shape index (κ1) is 14.2. The lowest BCUT2D eigenvalue weighted by Gasteiger charge is -2.30. The first-order valence-electron chi connectivity index (χ1n) is 5.96. The van der Waals surface area contributed by atoms with E-state index >= 15 is 0 Å². The van der Waals surface area contributed by atoms with Gasteiger partial charge in [-0.25, -0.2) is 4.79 Å². The third-order valence-corrected chi connectivity index (χ3v) is 2.35. The fraction of sp³-hybridized carbons (Fsp3) is 0.615. The van der Waals surface area contributed by atoms with Crippen molar-refractivity contribution >= 4 is 11.9 Å². The minimum absolute atomic E-state index is 0.217. The van der Waals surface area contributed by atoms with Gasteiger partial charge in [0.2, 0.25) is 0 Å². The van der Waals surface area contributed by atoms with Crippen LogP contribution in [0.15, 0.2) is 11.8 Å². The van der Waals surface area contributed by atoms with Crippen LogP contribution in [-0.2, 0) is 9.53 Å². The molecule has 0 unspecified atom stereocenters. The highest BCUT2D eigenvalue weighted by Gasteiger charge is 2.29. The van der Waals surface area contributed by atoms with Crippen molar-refractivity contribution in [2.75, 3.05) is 6.54 Å². The Kier molecular flexibility index (Phi) is 4.49. The van der Waals surface area contributed by atoms with Crippen LogP contribution < -0.4 is 0 Å². The van der Waals surface area contributed by atoms with Gasteiger partial charge in [0.1, 0.15) is 12.0 Å². The standard InChI is InChI=1S/C13H18N2O3/c1-13(2,3)18-12(17)15-9-5-4-6-10(15)11(16)7-8-14/h6H,4-5,7,9H2,1-3H3. The van der Waals surface area contributed by atoms with Gasteiger partial charge in [-0.15, -0.1) is 0 Å². The monoisotopic (exact) mass is 250 g/mol. The van der Waals surface area contributed by atoms with E-state index in [1.807, 2.05) is 0 Å². The minimum Gasteiger partial charge on any atom is -0.443 e. The largest absolute Gasteiger partial charge is 0.443 e. The van der Waals surface area contributed by atoms with Crippen molar-refractivity contribution in [2.24, 2.45) is 0 Å². The van der Waals surface area contributed by atoms with Gasteiger partial charge in [0.15, 0.2) is 5.78 Å². The zero-order valence-electron chi connectivity index (χ0n) is 11.0. The average molecular weight is 250 g/mol. The summed E-state index contributed by atoms with van der Waals surface area (Å²) in [6.45, 7) is 5.78. The molecule has 0 aromatic carbocycles. The summed E-state index contributed by atoms with van der Waals surface area (Å²) >= 11 is 0. The van der Waals surface area contributed by atoms with Crippen LogP contribution in [0.25, 0.3) is 0 Å². The summed E-state index contributed by atoms with van der Waals surface area (Å²) in [6.07, 6.45) is 2.49. The third kappa shape index (κ3) is 3.88. The van der Waals surface area contributed by atoms with E-state index in [-0.39, 0.29) is 17.9 Å². The molecule has 0 N–H and O–H groups in total. The van der Waals surface area contributed by atoms with Gasteiger partial charge in [0, 0.05) is 6.54 Å². The van der Waals surface area contributed by atoms with E-state index in [1.54, 1.807) is 32.9 Å². The van der Waals surface area contributed by atoms with E-state index in [4.69, 9.17) is 10.00 Å². The molecule has 0 aromatic heterocycles. The summed E-state index contributed by atoms with van der Waals surface area (Å²) in [5.41, 5.74) is -0.310. The number of allylic oxidation sites excluding steroid dienone is 2. The molecule has 1 amide bonds. The molecule has 0 saturated carbocycles. The summed E-state index contributed by atoms with van der Waals surface area (Å²) in [5, 5.41) is 8.55. The van der Waals surface area contributed by atoms with E-state index in [2.05, 4.69) is 0 Å². The van der Waals surface area contributed by atoms with Gasteiger partial charge < -0.3 is 4.74 Å². The van der Waals surface area contributed by atoms with Gasteiger partial charge in [-0.3, -0.25) is 9.69 Å². The van der Waals surface area contributed by atoms with Crippen LogP contribution >= 0.6 is 0 Å². The number of nitrogens with zero attached hydrogens (tertiary/aromatic N) is 2. The molecule has 1 aliphatic rings. The van der Waals surface area contributed by atoms with E-state index in [1.165, 1.54) is 4.90 Å². The fourth-order valence-corrected chi connectivity index (χ4v) is 1.65. The maximum absolute atomic E-state index is 12.0. The molecule has 5 heteroatoms. The smallest absolute Gasteiger partial charge is 0.414 e. The molecule has 0 aromatic rings. The molecular weight excluding hydrogens is 232 g/mol. The van der Waals surface area contributed by atoms with Crippen molar-refractivity contribution in [3.05, 3.63) is 11.8 Å². The summed E-state index contributed by atoms with van der Waals surface area (Å²) in [5.74, 6) is -0.331.